The average molecular weight is 418 g/mol. The summed E-state index contributed by atoms with van der Waals surface area (Å²) in [6, 6.07) is 4.52. The van der Waals surface area contributed by atoms with Gasteiger partial charge in [-0.15, -0.1) is 11.3 Å². The van der Waals surface area contributed by atoms with Crippen molar-refractivity contribution < 1.29 is 0 Å². The molecule has 1 aromatic heterocycles. The Morgan fingerprint density at radius 2 is 1.75 bits per heavy atom. The molecule has 0 aliphatic heterocycles. The minimum absolute atomic E-state index is 0.507. The molecule has 1 heterocycles. The van der Waals surface area contributed by atoms with Crippen molar-refractivity contribution >= 4 is 43.2 Å². The van der Waals surface area contributed by atoms with E-state index in [9.17, 15) is 0 Å². The second kappa shape index (κ2) is 4.35. The Balaban J connectivity index is 1.73. The van der Waals surface area contributed by atoms with E-state index in [-0.39, 0.29) is 0 Å². The van der Waals surface area contributed by atoms with Crippen LogP contribution in [0.2, 0.25) is 0 Å². The van der Waals surface area contributed by atoms with Crippen molar-refractivity contribution in [3.8, 4) is 0 Å². The molecule has 0 saturated heterocycles. The highest BCUT2D eigenvalue weighted by Gasteiger charge is 2.62. The maximum Gasteiger partial charge on any atom is 0.0701 e. The van der Waals surface area contributed by atoms with Crippen LogP contribution in [-0.2, 0) is 0 Å². The standard InChI is InChI=1S/C17H22Br2S/c1-15-5-11-6-16(2,8-15)10-17(7-11,9-15)14(19)12-3-4-13(18)20-12/h3-4,11,14H,5-10H2,1-2H3. The van der Waals surface area contributed by atoms with Crippen LogP contribution < -0.4 is 0 Å². The third-order valence-corrected chi connectivity index (χ3v) is 9.51. The summed E-state index contributed by atoms with van der Waals surface area (Å²) in [5.74, 6) is 0.977. The van der Waals surface area contributed by atoms with Crippen molar-refractivity contribution in [2.24, 2.45) is 22.2 Å². The van der Waals surface area contributed by atoms with Gasteiger partial charge in [-0.2, -0.15) is 0 Å². The van der Waals surface area contributed by atoms with Gasteiger partial charge in [-0.3, -0.25) is 0 Å². The molecule has 3 heteroatoms. The van der Waals surface area contributed by atoms with Gasteiger partial charge < -0.3 is 0 Å². The Kier molecular flexibility index (Phi) is 3.10. The predicted molar refractivity (Wildman–Crippen MR) is 93.5 cm³/mol. The van der Waals surface area contributed by atoms with Gasteiger partial charge >= 0.3 is 0 Å². The van der Waals surface area contributed by atoms with Gasteiger partial charge in [-0.05, 0) is 88.8 Å². The quantitative estimate of drug-likeness (QED) is 0.457. The highest BCUT2D eigenvalue weighted by Crippen LogP contribution is 2.73. The van der Waals surface area contributed by atoms with Gasteiger partial charge in [-0.1, -0.05) is 29.8 Å². The van der Waals surface area contributed by atoms with Crippen LogP contribution in [0.15, 0.2) is 15.9 Å². The van der Waals surface area contributed by atoms with E-state index in [4.69, 9.17) is 0 Å². The van der Waals surface area contributed by atoms with Gasteiger partial charge in [0.25, 0.3) is 0 Å². The highest BCUT2D eigenvalue weighted by molar-refractivity contribution is 9.11. The molecule has 4 aliphatic carbocycles. The smallest absolute Gasteiger partial charge is 0.0701 e. The lowest BCUT2D eigenvalue weighted by atomic mass is 9.40. The van der Waals surface area contributed by atoms with E-state index < -0.39 is 0 Å². The molecule has 20 heavy (non-hydrogen) atoms. The molecule has 110 valence electrons. The zero-order chi connectivity index (χ0) is 14.2. The predicted octanol–water partition coefficient (Wildman–Crippen LogP) is 6.94. The first-order valence-corrected chi connectivity index (χ1v) is 10.2. The third kappa shape index (κ3) is 2.10. The highest BCUT2D eigenvalue weighted by atomic mass is 79.9. The van der Waals surface area contributed by atoms with Gasteiger partial charge in [-0.25, -0.2) is 0 Å². The van der Waals surface area contributed by atoms with Crippen molar-refractivity contribution in [2.75, 3.05) is 0 Å². The summed E-state index contributed by atoms with van der Waals surface area (Å²) in [6.45, 7) is 5.13. The van der Waals surface area contributed by atoms with Crippen LogP contribution in [0.4, 0.5) is 0 Å². The van der Waals surface area contributed by atoms with Crippen LogP contribution in [0.1, 0.15) is 62.1 Å². The van der Waals surface area contributed by atoms with Crippen molar-refractivity contribution in [2.45, 2.75) is 57.2 Å². The second-order valence-electron chi connectivity index (χ2n) is 8.50. The van der Waals surface area contributed by atoms with E-state index in [0.717, 1.165) is 5.92 Å². The normalized spacial score (nSPS) is 47.7. The molecular formula is C17H22Br2S. The van der Waals surface area contributed by atoms with Crippen molar-refractivity contribution in [3.05, 3.63) is 20.8 Å². The molecule has 3 atom stereocenters. The summed E-state index contributed by atoms with van der Waals surface area (Å²) in [7, 11) is 0. The number of halogens is 2. The fourth-order valence-electron chi connectivity index (χ4n) is 6.58. The minimum atomic E-state index is 0.507. The molecule has 0 radical (unpaired) electrons. The maximum absolute atomic E-state index is 4.13. The van der Waals surface area contributed by atoms with E-state index in [1.165, 1.54) is 47.2 Å². The first kappa shape index (κ1) is 14.3. The topological polar surface area (TPSA) is 0 Å². The van der Waals surface area contributed by atoms with Gasteiger partial charge in [0.1, 0.15) is 0 Å². The molecule has 4 saturated carbocycles. The summed E-state index contributed by atoms with van der Waals surface area (Å²) in [6.07, 6.45) is 8.74. The van der Waals surface area contributed by atoms with E-state index in [1.54, 1.807) is 0 Å². The molecular weight excluding hydrogens is 396 g/mol. The minimum Gasteiger partial charge on any atom is -0.132 e. The number of thiophene rings is 1. The lowest BCUT2D eigenvalue weighted by Gasteiger charge is -2.66. The lowest BCUT2D eigenvalue weighted by Crippen LogP contribution is -2.56. The molecule has 4 bridgehead atoms. The third-order valence-electron chi connectivity index (χ3n) is 6.05. The molecule has 0 amide bonds. The molecule has 0 N–H and O–H groups in total. The van der Waals surface area contributed by atoms with Gasteiger partial charge in [0.05, 0.1) is 8.61 Å². The Morgan fingerprint density at radius 3 is 2.25 bits per heavy atom. The van der Waals surface area contributed by atoms with E-state index in [1.807, 2.05) is 11.3 Å². The summed E-state index contributed by atoms with van der Waals surface area (Å²) in [4.78, 5) is 2.07. The summed E-state index contributed by atoms with van der Waals surface area (Å²) >= 11 is 9.67. The van der Waals surface area contributed by atoms with E-state index in [2.05, 4.69) is 57.8 Å². The molecule has 4 aliphatic rings. The number of alkyl halides is 1. The van der Waals surface area contributed by atoms with Crippen molar-refractivity contribution in [1.82, 2.24) is 0 Å². The SMILES string of the molecule is CC12CC3CC(C)(C1)CC(C(Br)c1ccc(Br)s1)(C3)C2. The molecule has 3 unspecified atom stereocenters. The van der Waals surface area contributed by atoms with Gasteiger partial charge in [0, 0.05) is 4.88 Å². The zero-order valence-corrected chi connectivity index (χ0v) is 16.2. The number of hydrogen-bond acceptors (Lipinski definition) is 1. The average Bonchev–Trinajstić information content (AvgIpc) is 2.69. The first-order chi connectivity index (χ1) is 9.32. The molecule has 0 spiro atoms. The van der Waals surface area contributed by atoms with Crippen molar-refractivity contribution in [3.63, 3.8) is 0 Å². The number of rotatable bonds is 2. The van der Waals surface area contributed by atoms with Crippen LogP contribution in [0, 0.1) is 22.2 Å². The Bertz CT molecular complexity index is 531. The van der Waals surface area contributed by atoms with Crippen LogP contribution in [0.25, 0.3) is 0 Å². The monoisotopic (exact) mass is 416 g/mol. The van der Waals surface area contributed by atoms with Gasteiger partial charge in [0.2, 0.25) is 0 Å². The Hall–Kier alpha value is 0.660. The maximum atomic E-state index is 4.13. The van der Waals surface area contributed by atoms with Crippen LogP contribution >= 0.6 is 43.2 Å². The summed E-state index contributed by atoms with van der Waals surface area (Å²) < 4.78 is 1.26. The van der Waals surface area contributed by atoms with E-state index >= 15 is 0 Å². The Labute approximate surface area is 143 Å². The van der Waals surface area contributed by atoms with Crippen molar-refractivity contribution in [1.29, 1.82) is 0 Å². The molecule has 5 rings (SSSR count). The summed E-state index contributed by atoms with van der Waals surface area (Å²) in [5.41, 5.74) is 1.72. The molecule has 0 nitrogen and oxygen atoms in total. The van der Waals surface area contributed by atoms with Crippen LogP contribution in [0.5, 0.6) is 0 Å². The fourth-order valence-corrected chi connectivity index (χ4v) is 9.07. The summed E-state index contributed by atoms with van der Waals surface area (Å²) in [5, 5.41) is 0. The first-order valence-electron chi connectivity index (χ1n) is 7.71. The second-order valence-corrected chi connectivity index (χ2v) is 11.9. The van der Waals surface area contributed by atoms with Crippen LogP contribution in [-0.4, -0.2) is 0 Å². The lowest BCUT2D eigenvalue weighted by molar-refractivity contribution is -0.144. The Morgan fingerprint density at radius 1 is 1.10 bits per heavy atom. The van der Waals surface area contributed by atoms with Gasteiger partial charge in [0.15, 0.2) is 0 Å². The zero-order valence-electron chi connectivity index (χ0n) is 12.2. The molecule has 4 fully saturated rings. The largest absolute Gasteiger partial charge is 0.132 e. The molecule has 0 aromatic carbocycles. The van der Waals surface area contributed by atoms with Crippen LogP contribution in [0.3, 0.4) is 0 Å². The fraction of sp³-hybridized carbons (Fsp3) is 0.765. The number of hydrogen-bond donors (Lipinski definition) is 0. The van der Waals surface area contributed by atoms with E-state index in [0.29, 0.717) is 21.1 Å². The molecule has 1 aromatic rings.